The number of halogens is 3. The molecule has 0 unspecified atom stereocenters. The first-order valence-electron chi connectivity index (χ1n) is 5.83. The molecule has 0 aliphatic heterocycles. The number of alkyl halides is 2. The quantitative estimate of drug-likeness (QED) is 0.792. The Kier molecular flexibility index (Phi) is 4.08. The van der Waals surface area contributed by atoms with Crippen LogP contribution in [0.3, 0.4) is 0 Å². The summed E-state index contributed by atoms with van der Waals surface area (Å²) in [6.07, 6.45) is 0. The Balaban J connectivity index is 2.45. The summed E-state index contributed by atoms with van der Waals surface area (Å²) in [7, 11) is 0. The van der Waals surface area contributed by atoms with Crippen LogP contribution in [0, 0.1) is 12.7 Å². The van der Waals surface area contributed by atoms with Crippen molar-refractivity contribution in [3.8, 4) is 5.75 Å². The minimum absolute atomic E-state index is 0.0264. The zero-order valence-corrected chi connectivity index (χ0v) is 10.6. The molecule has 0 aromatic heterocycles. The van der Waals surface area contributed by atoms with Gasteiger partial charge in [-0.15, -0.1) is 0 Å². The molecule has 0 saturated carbocycles. The number of ketones is 1. The smallest absolute Gasteiger partial charge is 0.387 e. The van der Waals surface area contributed by atoms with Crippen LogP contribution < -0.4 is 4.74 Å². The molecular formula is C15H11F3O2. The van der Waals surface area contributed by atoms with E-state index in [1.54, 1.807) is 6.92 Å². The van der Waals surface area contributed by atoms with Crippen LogP contribution in [0.5, 0.6) is 5.75 Å². The van der Waals surface area contributed by atoms with E-state index in [0.717, 1.165) is 6.07 Å². The molecule has 0 N–H and O–H groups in total. The number of ether oxygens (including phenoxy) is 1. The van der Waals surface area contributed by atoms with E-state index < -0.39 is 18.2 Å². The van der Waals surface area contributed by atoms with Crippen molar-refractivity contribution in [1.29, 1.82) is 0 Å². The molecule has 0 bridgehead atoms. The highest BCUT2D eigenvalue weighted by molar-refractivity contribution is 6.11. The molecule has 20 heavy (non-hydrogen) atoms. The molecule has 2 nitrogen and oxygen atoms in total. The van der Waals surface area contributed by atoms with Crippen LogP contribution in [0.4, 0.5) is 13.2 Å². The highest BCUT2D eigenvalue weighted by atomic mass is 19.3. The minimum Gasteiger partial charge on any atom is -0.434 e. The zero-order valence-electron chi connectivity index (χ0n) is 10.6. The topological polar surface area (TPSA) is 26.3 Å². The van der Waals surface area contributed by atoms with Crippen molar-refractivity contribution in [2.75, 3.05) is 0 Å². The van der Waals surface area contributed by atoms with Crippen molar-refractivity contribution in [1.82, 2.24) is 0 Å². The van der Waals surface area contributed by atoms with Gasteiger partial charge in [0.25, 0.3) is 0 Å². The third-order valence-corrected chi connectivity index (χ3v) is 2.79. The maximum absolute atomic E-state index is 13.2. The average molecular weight is 280 g/mol. The maximum atomic E-state index is 13.2. The molecular weight excluding hydrogens is 269 g/mol. The van der Waals surface area contributed by atoms with Crippen molar-refractivity contribution in [2.45, 2.75) is 13.5 Å². The summed E-state index contributed by atoms with van der Waals surface area (Å²) < 4.78 is 42.2. The minimum atomic E-state index is -3.03. The second kappa shape index (κ2) is 5.77. The van der Waals surface area contributed by atoms with E-state index in [1.807, 2.05) is 0 Å². The number of para-hydroxylation sites is 1. The van der Waals surface area contributed by atoms with Gasteiger partial charge in [-0.1, -0.05) is 18.2 Å². The summed E-state index contributed by atoms with van der Waals surface area (Å²) in [6, 6.07) is 9.41. The Morgan fingerprint density at radius 2 is 1.80 bits per heavy atom. The molecule has 5 heteroatoms. The zero-order chi connectivity index (χ0) is 14.7. The van der Waals surface area contributed by atoms with E-state index in [4.69, 9.17) is 0 Å². The summed E-state index contributed by atoms with van der Waals surface area (Å²) in [4.78, 5) is 12.3. The van der Waals surface area contributed by atoms with Crippen LogP contribution >= 0.6 is 0 Å². The molecule has 0 atom stereocenters. The molecule has 0 fully saturated rings. The Morgan fingerprint density at radius 3 is 2.50 bits per heavy atom. The fourth-order valence-electron chi connectivity index (χ4n) is 1.84. The third-order valence-electron chi connectivity index (χ3n) is 2.79. The van der Waals surface area contributed by atoms with Crippen molar-refractivity contribution in [2.24, 2.45) is 0 Å². The Morgan fingerprint density at radius 1 is 1.10 bits per heavy atom. The Bertz CT molecular complexity index is 639. The maximum Gasteiger partial charge on any atom is 0.387 e. The molecule has 0 amide bonds. The first kappa shape index (κ1) is 14.1. The number of aryl methyl sites for hydroxylation is 1. The van der Waals surface area contributed by atoms with E-state index in [0.29, 0.717) is 5.56 Å². The molecule has 0 saturated heterocycles. The largest absolute Gasteiger partial charge is 0.434 e. The predicted molar refractivity (Wildman–Crippen MR) is 67.6 cm³/mol. The van der Waals surface area contributed by atoms with Crippen molar-refractivity contribution in [3.63, 3.8) is 0 Å². The molecule has 2 aromatic carbocycles. The first-order chi connectivity index (χ1) is 9.49. The lowest BCUT2D eigenvalue weighted by Gasteiger charge is -2.11. The van der Waals surface area contributed by atoms with Gasteiger partial charge in [0.1, 0.15) is 11.6 Å². The molecule has 0 aliphatic rings. The summed E-state index contributed by atoms with van der Waals surface area (Å²) in [6.45, 7) is -1.39. The van der Waals surface area contributed by atoms with E-state index >= 15 is 0 Å². The van der Waals surface area contributed by atoms with Crippen LogP contribution in [-0.4, -0.2) is 12.4 Å². The highest BCUT2D eigenvalue weighted by Crippen LogP contribution is 2.24. The Hall–Kier alpha value is -2.30. The van der Waals surface area contributed by atoms with Crippen LogP contribution in [0.1, 0.15) is 21.5 Å². The number of rotatable bonds is 4. The third kappa shape index (κ3) is 2.99. The SMILES string of the molecule is Cc1ccc(F)cc1C(=O)c1ccccc1OC(F)F. The van der Waals surface area contributed by atoms with Gasteiger partial charge in [-0.25, -0.2) is 4.39 Å². The van der Waals surface area contributed by atoms with Gasteiger partial charge in [-0.2, -0.15) is 8.78 Å². The lowest BCUT2D eigenvalue weighted by Crippen LogP contribution is -2.10. The Labute approximate surface area is 113 Å². The normalized spacial score (nSPS) is 10.7. The van der Waals surface area contributed by atoms with Gasteiger partial charge in [0, 0.05) is 5.56 Å². The summed E-state index contributed by atoms with van der Waals surface area (Å²) in [5.41, 5.74) is 0.653. The average Bonchev–Trinajstić information content (AvgIpc) is 2.41. The molecule has 0 heterocycles. The van der Waals surface area contributed by atoms with E-state index in [-0.39, 0.29) is 16.9 Å². The lowest BCUT2D eigenvalue weighted by molar-refractivity contribution is -0.0501. The van der Waals surface area contributed by atoms with Crippen molar-refractivity contribution < 1.29 is 22.7 Å². The molecule has 2 aromatic rings. The fraction of sp³-hybridized carbons (Fsp3) is 0.133. The van der Waals surface area contributed by atoms with Gasteiger partial charge in [-0.3, -0.25) is 4.79 Å². The van der Waals surface area contributed by atoms with Crippen molar-refractivity contribution >= 4 is 5.78 Å². The lowest BCUT2D eigenvalue weighted by atomic mass is 9.98. The second-order valence-electron chi connectivity index (χ2n) is 4.16. The van der Waals surface area contributed by atoms with E-state index in [1.165, 1.54) is 36.4 Å². The number of carbonyl (C=O) groups excluding carboxylic acids is 1. The number of hydrogen-bond acceptors (Lipinski definition) is 2. The standard InChI is InChI=1S/C15H11F3O2/c1-9-6-7-10(16)8-12(9)14(19)11-4-2-3-5-13(11)20-15(17)18/h2-8,15H,1H3. The second-order valence-corrected chi connectivity index (χ2v) is 4.16. The van der Waals surface area contributed by atoms with E-state index in [2.05, 4.69) is 4.74 Å². The summed E-state index contributed by atoms with van der Waals surface area (Å²) in [5.74, 6) is -1.35. The van der Waals surface area contributed by atoms with Gasteiger partial charge in [0.2, 0.25) is 0 Å². The van der Waals surface area contributed by atoms with Gasteiger partial charge < -0.3 is 4.74 Å². The highest BCUT2D eigenvalue weighted by Gasteiger charge is 2.18. The monoisotopic (exact) mass is 280 g/mol. The van der Waals surface area contributed by atoms with Gasteiger partial charge in [0.15, 0.2) is 5.78 Å². The summed E-state index contributed by atoms with van der Waals surface area (Å²) in [5, 5.41) is 0. The van der Waals surface area contributed by atoms with Crippen molar-refractivity contribution in [3.05, 3.63) is 65.0 Å². The molecule has 2 rings (SSSR count). The van der Waals surface area contributed by atoms with Gasteiger partial charge in [-0.05, 0) is 36.8 Å². The van der Waals surface area contributed by atoms with Gasteiger partial charge >= 0.3 is 6.61 Å². The molecule has 0 radical (unpaired) electrons. The van der Waals surface area contributed by atoms with Crippen LogP contribution in [0.2, 0.25) is 0 Å². The number of hydrogen-bond donors (Lipinski definition) is 0. The van der Waals surface area contributed by atoms with Crippen LogP contribution in [-0.2, 0) is 0 Å². The molecule has 0 aliphatic carbocycles. The van der Waals surface area contributed by atoms with E-state index in [9.17, 15) is 18.0 Å². The molecule has 0 spiro atoms. The van der Waals surface area contributed by atoms with Crippen LogP contribution in [0.15, 0.2) is 42.5 Å². The summed E-state index contributed by atoms with van der Waals surface area (Å²) >= 11 is 0. The molecule has 104 valence electrons. The predicted octanol–water partition coefficient (Wildman–Crippen LogP) is 3.97. The number of carbonyl (C=O) groups is 1. The fourth-order valence-corrected chi connectivity index (χ4v) is 1.84. The van der Waals surface area contributed by atoms with Crippen LogP contribution in [0.25, 0.3) is 0 Å². The van der Waals surface area contributed by atoms with Gasteiger partial charge in [0.05, 0.1) is 5.56 Å². The first-order valence-corrected chi connectivity index (χ1v) is 5.83. The number of benzene rings is 2.